The molecule has 166 valence electrons. The lowest BCUT2D eigenvalue weighted by Crippen LogP contribution is -2.71. The Kier molecular flexibility index (Phi) is 5.68. The van der Waals surface area contributed by atoms with Gasteiger partial charge in [0.2, 0.25) is 10.0 Å². The average molecular weight is 503 g/mol. The van der Waals surface area contributed by atoms with E-state index in [-0.39, 0.29) is 29.4 Å². The third-order valence-corrected chi connectivity index (χ3v) is 8.71. The maximum absolute atomic E-state index is 14.7. The monoisotopic (exact) mass is 502 g/mol. The van der Waals surface area contributed by atoms with Crippen molar-refractivity contribution in [3.05, 3.63) is 34.1 Å². The van der Waals surface area contributed by atoms with Crippen LogP contribution in [0.5, 0.6) is 0 Å². The van der Waals surface area contributed by atoms with Crippen LogP contribution in [0.3, 0.4) is 0 Å². The first-order chi connectivity index (χ1) is 14.0. The van der Waals surface area contributed by atoms with Crippen molar-refractivity contribution in [3.63, 3.8) is 0 Å². The van der Waals surface area contributed by atoms with Crippen LogP contribution in [0.25, 0.3) is 0 Å². The van der Waals surface area contributed by atoms with Crippen LogP contribution in [-0.4, -0.2) is 48.4 Å². The van der Waals surface area contributed by atoms with Crippen LogP contribution in [0.4, 0.5) is 9.18 Å². The van der Waals surface area contributed by atoms with Crippen molar-refractivity contribution in [2.45, 2.75) is 81.9 Å². The number of rotatable bonds is 5. The third-order valence-electron chi connectivity index (χ3n) is 6.15. The van der Waals surface area contributed by atoms with Crippen LogP contribution >= 0.6 is 15.9 Å². The van der Waals surface area contributed by atoms with Gasteiger partial charge >= 0.3 is 6.09 Å². The van der Waals surface area contributed by atoms with Gasteiger partial charge in [0.1, 0.15) is 11.4 Å². The lowest BCUT2D eigenvalue weighted by molar-refractivity contribution is -0.0652. The summed E-state index contributed by atoms with van der Waals surface area (Å²) in [7, 11) is -3.45. The highest BCUT2D eigenvalue weighted by atomic mass is 79.9. The molecule has 1 N–H and O–H groups in total. The zero-order chi connectivity index (χ0) is 21.8. The normalized spacial score (nSPS) is 28.8. The highest BCUT2D eigenvalue weighted by Crippen LogP contribution is 2.45. The minimum atomic E-state index is -3.45. The first-order valence-corrected chi connectivity index (χ1v) is 12.8. The zero-order valence-corrected chi connectivity index (χ0v) is 19.8. The first kappa shape index (κ1) is 22.0. The molecule has 2 saturated heterocycles. The van der Waals surface area contributed by atoms with E-state index in [0.717, 1.165) is 12.8 Å². The van der Waals surface area contributed by atoms with Crippen LogP contribution < -0.4 is 4.72 Å². The fourth-order valence-electron chi connectivity index (χ4n) is 4.50. The smallest absolute Gasteiger partial charge is 0.410 e. The van der Waals surface area contributed by atoms with Gasteiger partial charge in [-0.05, 0) is 86.4 Å². The lowest BCUT2D eigenvalue weighted by Gasteiger charge is -2.57. The number of ether oxygens (including phenoxy) is 1. The van der Waals surface area contributed by atoms with E-state index in [4.69, 9.17) is 4.74 Å². The fraction of sp³-hybridized carbons (Fsp3) is 0.667. The van der Waals surface area contributed by atoms with Crippen molar-refractivity contribution in [3.8, 4) is 0 Å². The second kappa shape index (κ2) is 7.74. The van der Waals surface area contributed by atoms with Crippen molar-refractivity contribution < 1.29 is 22.3 Å². The number of carbonyl (C=O) groups is 1. The van der Waals surface area contributed by atoms with E-state index in [1.807, 2.05) is 0 Å². The predicted octanol–water partition coefficient (Wildman–Crippen LogP) is 3.98. The van der Waals surface area contributed by atoms with Gasteiger partial charge < -0.3 is 9.64 Å². The molecule has 2 heterocycles. The van der Waals surface area contributed by atoms with E-state index in [0.29, 0.717) is 22.9 Å². The van der Waals surface area contributed by atoms with E-state index in [2.05, 4.69) is 20.7 Å². The molecule has 2 aliphatic heterocycles. The van der Waals surface area contributed by atoms with Gasteiger partial charge in [0.15, 0.2) is 0 Å². The van der Waals surface area contributed by atoms with E-state index in [9.17, 15) is 17.6 Å². The highest BCUT2D eigenvalue weighted by Gasteiger charge is 2.55. The van der Waals surface area contributed by atoms with Crippen molar-refractivity contribution in [1.29, 1.82) is 0 Å². The molecule has 1 aromatic rings. The van der Waals surface area contributed by atoms with Crippen LogP contribution in [0, 0.1) is 11.7 Å². The molecule has 2 saturated carbocycles. The Morgan fingerprint density at radius 2 is 1.97 bits per heavy atom. The quantitative estimate of drug-likeness (QED) is 0.660. The number of hydrogen-bond donors (Lipinski definition) is 1. The van der Waals surface area contributed by atoms with Gasteiger partial charge in [0.25, 0.3) is 0 Å². The molecule has 0 spiro atoms. The Hall–Kier alpha value is -1.19. The topological polar surface area (TPSA) is 75.7 Å². The maximum atomic E-state index is 14.7. The number of amides is 1. The molecular weight excluding hydrogens is 475 g/mol. The summed E-state index contributed by atoms with van der Waals surface area (Å²) < 4.78 is 49.1. The van der Waals surface area contributed by atoms with E-state index >= 15 is 0 Å². The first-order valence-electron chi connectivity index (χ1n) is 10.4. The van der Waals surface area contributed by atoms with Crippen LogP contribution in [0.1, 0.15) is 52.0 Å². The van der Waals surface area contributed by atoms with Crippen LogP contribution in [-0.2, 0) is 21.2 Å². The molecule has 0 aromatic heterocycles. The minimum Gasteiger partial charge on any atom is -0.444 e. The number of piperidine rings is 2. The second-order valence-corrected chi connectivity index (χ2v) is 12.5. The fourth-order valence-corrected chi connectivity index (χ4v) is 6.59. The molecule has 5 rings (SSSR count). The summed E-state index contributed by atoms with van der Waals surface area (Å²) in [5.74, 6) is -0.243. The third kappa shape index (κ3) is 4.39. The molecule has 4 aliphatic rings. The van der Waals surface area contributed by atoms with Crippen molar-refractivity contribution >= 4 is 32.0 Å². The lowest BCUT2D eigenvalue weighted by atomic mass is 9.67. The molecular formula is C21H28BrFN2O4S. The molecule has 1 amide bonds. The summed E-state index contributed by atoms with van der Waals surface area (Å²) in [5, 5.41) is -0.353. The highest BCUT2D eigenvalue weighted by molar-refractivity contribution is 9.10. The summed E-state index contributed by atoms with van der Waals surface area (Å²) in [5.41, 5.74) is -0.230. The number of sulfonamides is 1. The molecule has 1 aromatic carbocycles. The van der Waals surface area contributed by atoms with Gasteiger partial charge in [-0.1, -0.05) is 12.1 Å². The average Bonchev–Trinajstić information content (AvgIpc) is 3.42. The summed E-state index contributed by atoms with van der Waals surface area (Å²) in [6, 6.07) is 4.08. The largest absolute Gasteiger partial charge is 0.444 e. The van der Waals surface area contributed by atoms with Crippen molar-refractivity contribution in [2.24, 2.45) is 5.92 Å². The Morgan fingerprint density at radius 3 is 2.57 bits per heavy atom. The summed E-state index contributed by atoms with van der Waals surface area (Å²) in [4.78, 5) is 14.7. The number of nitrogens with one attached hydrogen (secondary N) is 1. The molecule has 6 nitrogen and oxygen atoms in total. The molecule has 30 heavy (non-hydrogen) atoms. The SMILES string of the molecule is CC(C)(C)OC(=O)N1C2CC(C2)[C@H](NS(=O)(=O)C2CC2)[C@@H]1Cc1cccc(Br)c1F. The second-order valence-electron chi connectivity index (χ2n) is 9.65. The van der Waals surface area contributed by atoms with Gasteiger partial charge in [0.05, 0.1) is 15.8 Å². The standard InChI is InChI=1S/C21H28BrFN2O4S/c1-21(2,3)29-20(26)25-14-9-13(10-14)19(24-30(27,28)15-7-8-15)17(25)11-12-5-4-6-16(22)18(12)23/h4-6,13-15,17,19,24H,7-11H2,1-3H3/t13?,14?,17-,19-/m0/s1. The minimum absolute atomic E-state index is 0.00765. The van der Waals surface area contributed by atoms with Crippen LogP contribution in [0.2, 0.25) is 0 Å². The summed E-state index contributed by atoms with van der Waals surface area (Å²) in [6.07, 6.45) is 2.53. The van der Waals surface area contributed by atoms with E-state index in [1.165, 1.54) is 0 Å². The number of nitrogens with zero attached hydrogens (tertiary/aromatic N) is 1. The number of benzene rings is 1. The summed E-state index contributed by atoms with van der Waals surface area (Å²) in [6.45, 7) is 5.40. The molecule has 2 bridgehead atoms. The summed E-state index contributed by atoms with van der Waals surface area (Å²) >= 11 is 3.21. The Morgan fingerprint density at radius 1 is 1.30 bits per heavy atom. The number of halogens is 2. The van der Waals surface area contributed by atoms with Crippen LogP contribution in [0.15, 0.2) is 22.7 Å². The zero-order valence-electron chi connectivity index (χ0n) is 17.4. The molecule has 4 fully saturated rings. The molecule has 2 aliphatic carbocycles. The van der Waals surface area contributed by atoms with Crippen molar-refractivity contribution in [2.75, 3.05) is 0 Å². The molecule has 9 heteroatoms. The molecule has 0 unspecified atom stereocenters. The van der Waals surface area contributed by atoms with E-state index < -0.39 is 33.8 Å². The number of fused-ring (bicyclic) bond motifs is 2. The molecule has 2 atom stereocenters. The number of carbonyl (C=O) groups excluding carboxylic acids is 1. The maximum Gasteiger partial charge on any atom is 0.410 e. The van der Waals surface area contributed by atoms with Gasteiger partial charge in [-0.15, -0.1) is 0 Å². The Balaban J connectivity index is 1.67. The number of hydrogen-bond acceptors (Lipinski definition) is 4. The predicted molar refractivity (Wildman–Crippen MR) is 115 cm³/mol. The van der Waals surface area contributed by atoms with Gasteiger partial charge in [-0.3, -0.25) is 0 Å². The van der Waals surface area contributed by atoms with Gasteiger partial charge in [-0.2, -0.15) is 0 Å². The Labute approximate surface area is 185 Å². The van der Waals surface area contributed by atoms with Gasteiger partial charge in [-0.25, -0.2) is 22.3 Å². The molecule has 0 radical (unpaired) electrons. The van der Waals surface area contributed by atoms with Gasteiger partial charge in [0, 0.05) is 12.1 Å². The van der Waals surface area contributed by atoms with Crippen molar-refractivity contribution in [1.82, 2.24) is 9.62 Å². The Bertz CT molecular complexity index is 939. The van der Waals surface area contributed by atoms with E-state index in [1.54, 1.807) is 43.9 Å².